The van der Waals surface area contributed by atoms with Crippen LogP contribution in [0.4, 0.5) is 0 Å². The summed E-state index contributed by atoms with van der Waals surface area (Å²) in [6, 6.07) is 0. The Labute approximate surface area is 143 Å². The molecule has 0 N–H and O–H groups in total. The van der Waals surface area contributed by atoms with Gasteiger partial charge in [-0.25, -0.2) is 0 Å². The summed E-state index contributed by atoms with van der Waals surface area (Å²) in [6.45, 7) is 7.61. The van der Waals surface area contributed by atoms with Crippen LogP contribution in [0.3, 0.4) is 0 Å². The van der Waals surface area contributed by atoms with Gasteiger partial charge >= 0.3 is 0 Å². The minimum Gasteiger partial charge on any atom is -0.381 e. The maximum Gasteiger partial charge on any atom is 0.228 e. The van der Waals surface area contributed by atoms with Crippen LogP contribution in [0.2, 0.25) is 0 Å². The average molecular weight is 339 g/mol. The van der Waals surface area contributed by atoms with Crippen molar-refractivity contribution in [3.63, 3.8) is 0 Å². The van der Waals surface area contributed by atoms with E-state index in [-0.39, 0.29) is 17.2 Å². The molecule has 0 aromatic rings. The van der Waals surface area contributed by atoms with Crippen LogP contribution in [0.5, 0.6) is 0 Å². The normalized spacial score (nSPS) is 37.1. The predicted octanol–water partition coefficient (Wildman–Crippen LogP) is 0.941. The molecule has 0 aromatic heterocycles. The fourth-order valence-electron chi connectivity index (χ4n) is 4.53. The second-order valence-corrected chi connectivity index (χ2v) is 7.92. The Morgan fingerprint density at radius 3 is 2.71 bits per heavy atom. The zero-order chi connectivity index (χ0) is 16.4. The standard InChI is InChI=1S/C18H29NO5/c20-17(15-3-6-22-9-15)19-7-16-10-24-13-18(16,11-19)12-23-8-14-1-4-21-5-2-14/h14-16H,1-13H2/t15?,16-,18-/m1/s1. The fraction of sp³-hybridized carbons (Fsp3) is 0.944. The van der Waals surface area contributed by atoms with Gasteiger partial charge in [0.1, 0.15) is 0 Å². The Morgan fingerprint density at radius 2 is 1.92 bits per heavy atom. The molecule has 4 rings (SSSR count). The highest BCUT2D eigenvalue weighted by Gasteiger charge is 2.52. The fourth-order valence-corrected chi connectivity index (χ4v) is 4.53. The molecular formula is C18H29NO5. The molecule has 0 spiro atoms. The minimum atomic E-state index is 0.000286. The molecule has 0 saturated carbocycles. The first-order valence-corrected chi connectivity index (χ1v) is 9.37. The van der Waals surface area contributed by atoms with Crippen LogP contribution >= 0.6 is 0 Å². The van der Waals surface area contributed by atoms with Crippen LogP contribution in [0.1, 0.15) is 19.3 Å². The van der Waals surface area contributed by atoms with Crippen LogP contribution in [-0.4, -0.2) is 76.8 Å². The van der Waals surface area contributed by atoms with E-state index in [0.717, 1.165) is 72.0 Å². The number of fused-ring (bicyclic) bond motifs is 1. The van der Waals surface area contributed by atoms with Crippen LogP contribution in [-0.2, 0) is 23.7 Å². The molecule has 1 unspecified atom stereocenters. The number of carbonyl (C=O) groups excluding carboxylic acids is 1. The first-order chi connectivity index (χ1) is 11.8. The second kappa shape index (κ2) is 7.28. The van der Waals surface area contributed by atoms with Gasteiger partial charge in [0, 0.05) is 50.8 Å². The van der Waals surface area contributed by atoms with Crippen LogP contribution in [0, 0.1) is 23.2 Å². The number of carbonyl (C=O) groups is 1. The molecule has 6 heteroatoms. The number of hydrogen-bond acceptors (Lipinski definition) is 5. The molecule has 4 aliphatic heterocycles. The summed E-state index contributed by atoms with van der Waals surface area (Å²) in [5.41, 5.74) is 0.000286. The Kier molecular flexibility index (Phi) is 5.08. The summed E-state index contributed by atoms with van der Waals surface area (Å²) in [5, 5.41) is 0. The molecule has 4 saturated heterocycles. The molecule has 1 amide bonds. The van der Waals surface area contributed by atoms with E-state index >= 15 is 0 Å². The third-order valence-electron chi connectivity index (χ3n) is 6.20. The number of nitrogens with zero attached hydrogens (tertiary/aromatic N) is 1. The van der Waals surface area contributed by atoms with Crippen molar-refractivity contribution >= 4 is 5.91 Å². The van der Waals surface area contributed by atoms with E-state index in [0.29, 0.717) is 25.0 Å². The number of amides is 1. The van der Waals surface area contributed by atoms with E-state index in [2.05, 4.69) is 0 Å². The molecule has 0 bridgehead atoms. The summed E-state index contributed by atoms with van der Waals surface area (Å²) in [7, 11) is 0. The van der Waals surface area contributed by atoms with Gasteiger partial charge in [-0.05, 0) is 25.2 Å². The third kappa shape index (κ3) is 3.34. The molecule has 4 heterocycles. The Balaban J connectivity index is 1.31. The lowest BCUT2D eigenvalue weighted by molar-refractivity contribution is -0.135. The minimum absolute atomic E-state index is 0.000286. The van der Waals surface area contributed by atoms with E-state index in [1.165, 1.54) is 0 Å². The smallest absolute Gasteiger partial charge is 0.228 e. The van der Waals surface area contributed by atoms with Gasteiger partial charge in [-0.1, -0.05) is 0 Å². The zero-order valence-electron chi connectivity index (χ0n) is 14.4. The van der Waals surface area contributed by atoms with Crippen LogP contribution < -0.4 is 0 Å². The molecule has 24 heavy (non-hydrogen) atoms. The molecule has 0 radical (unpaired) electrons. The van der Waals surface area contributed by atoms with Gasteiger partial charge in [0.05, 0.1) is 32.3 Å². The van der Waals surface area contributed by atoms with Crippen molar-refractivity contribution < 1.29 is 23.7 Å². The molecule has 3 atom stereocenters. The first-order valence-electron chi connectivity index (χ1n) is 9.37. The second-order valence-electron chi connectivity index (χ2n) is 7.92. The highest BCUT2D eigenvalue weighted by atomic mass is 16.5. The lowest BCUT2D eigenvalue weighted by atomic mass is 9.82. The van der Waals surface area contributed by atoms with Crippen LogP contribution in [0.15, 0.2) is 0 Å². The van der Waals surface area contributed by atoms with Crippen molar-refractivity contribution in [3.05, 3.63) is 0 Å². The number of rotatable bonds is 5. The lowest BCUT2D eigenvalue weighted by Gasteiger charge is -2.29. The molecule has 4 aliphatic rings. The van der Waals surface area contributed by atoms with E-state index in [9.17, 15) is 4.79 Å². The van der Waals surface area contributed by atoms with Crippen molar-refractivity contribution in [2.45, 2.75) is 19.3 Å². The predicted molar refractivity (Wildman–Crippen MR) is 86.6 cm³/mol. The molecule has 6 nitrogen and oxygen atoms in total. The average Bonchev–Trinajstić information content (AvgIpc) is 3.31. The SMILES string of the molecule is O=C(C1CCOC1)N1C[C@@H]2COC[C@]2(COCC2CCOCC2)C1. The van der Waals surface area contributed by atoms with Gasteiger partial charge < -0.3 is 23.8 Å². The summed E-state index contributed by atoms with van der Waals surface area (Å²) in [5.74, 6) is 1.36. The van der Waals surface area contributed by atoms with E-state index in [1.54, 1.807) is 0 Å². The van der Waals surface area contributed by atoms with Gasteiger partial charge in [0.25, 0.3) is 0 Å². The molecule has 4 fully saturated rings. The maximum atomic E-state index is 12.7. The third-order valence-corrected chi connectivity index (χ3v) is 6.20. The summed E-state index contributed by atoms with van der Waals surface area (Å²) in [4.78, 5) is 14.7. The van der Waals surface area contributed by atoms with Gasteiger partial charge in [-0.3, -0.25) is 4.79 Å². The number of likely N-dealkylation sites (tertiary alicyclic amines) is 1. The Hall–Kier alpha value is -0.690. The van der Waals surface area contributed by atoms with Gasteiger partial charge in [0.15, 0.2) is 0 Å². The van der Waals surface area contributed by atoms with E-state index in [1.807, 2.05) is 4.90 Å². The van der Waals surface area contributed by atoms with Crippen LogP contribution in [0.25, 0.3) is 0 Å². The van der Waals surface area contributed by atoms with Crippen molar-refractivity contribution in [2.75, 3.05) is 65.9 Å². The number of hydrogen-bond donors (Lipinski definition) is 0. The topological polar surface area (TPSA) is 57.2 Å². The largest absolute Gasteiger partial charge is 0.381 e. The van der Waals surface area contributed by atoms with Crippen molar-refractivity contribution in [3.8, 4) is 0 Å². The highest BCUT2D eigenvalue weighted by Crippen LogP contribution is 2.42. The Bertz CT molecular complexity index is 447. The lowest BCUT2D eigenvalue weighted by Crippen LogP contribution is -2.40. The van der Waals surface area contributed by atoms with E-state index in [4.69, 9.17) is 18.9 Å². The van der Waals surface area contributed by atoms with Crippen molar-refractivity contribution in [2.24, 2.45) is 23.2 Å². The molecular weight excluding hydrogens is 310 g/mol. The van der Waals surface area contributed by atoms with Gasteiger partial charge in [0.2, 0.25) is 5.91 Å². The molecule has 0 aromatic carbocycles. The quantitative estimate of drug-likeness (QED) is 0.746. The van der Waals surface area contributed by atoms with Crippen molar-refractivity contribution in [1.29, 1.82) is 0 Å². The van der Waals surface area contributed by atoms with Gasteiger partial charge in [-0.15, -0.1) is 0 Å². The Morgan fingerprint density at radius 1 is 1.08 bits per heavy atom. The molecule has 136 valence electrons. The molecule has 0 aliphatic carbocycles. The summed E-state index contributed by atoms with van der Waals surface area (Å²) < 4.78 is 22.7. The summed E-state index contributed by atoms with van der Waals surface area (Å²) >= 11 is 0. The highest BCUT2D eigenvalue weighted by molar-refractivity contribution is 5.79. The zero-order valence-corrected chi connectivity index (χ0v) is 14.4. The number of ether oxygens (including phenoxy) is 4. The first kappa shape index (κ1) is 16.8. The van der Waals surface area contributed by atoms with Gasteiger partial charge in [-0.2, -0.15) is 0 Å². The maximum absolute atomic E-state index is 12.7. The monoisotopic (exact) mass is 339 g/mol. The van der Waals surface area contributed by atoms with E-state index < -0.39 is 0 Å². The van der Waals surface area contributed by atoms with Crippen molar-refractivity contribution in [1.82, 2.24) is 4.90 Å². The summed E-state index contributed by atoms with van der Waals surface area (Å²) in [6.07, 6.45) is 3.06.